The zero-order valence-corrected chi connectivity index (χ0v) is 12.1. The molecule has 1 aromatic rings. The Kier molecular flexibility index (Phi) is 4.71. The lowest BCUT2D eigenvalue weighted by atomic mass is 9.88. The number of fused-ring (bicyclic) bond motifs is 1. The van der Waals surface area contributed by atoms with Crippen LogP contribution in [-0.4, -0.2) is 42.2 Å². The van der Waals surface area contributed by atoms with Crippen molar-refractivity contribution in [1.29, 1.82) is 0 Å². The first-order valence-electron chi connectivity index (χ1n) is 6.69. The number of carboxylic acid groups (broad SMARTS) is 1. The number of hydrogen-bond donors (Lipinski definition) is 4. The number of hydrogen-bond acceptors (Lipinski definition) is 5. The van der Waals surface area contributed by atoms with Gasteiger partial charge in [0.25, 0.3) is 0 Å². The molecule has 0 radical (unpaired) electrons. The zero-order valence-electron chi connectivity index (χ0n) is 12.1. The molecule has 1 unspecified atom stereocenters. The molecule has 22 heavy (non-hydrogen) atoms. The summed E-state index contributed by atoms with van der Waals surface area (Å²) in [5.41, 5.74) is -0.399. The number of nitrogens with one attached hydrogen (secondary N) is 2. The maximum Gasteiger partial charge on any atom is 0.319 e. The van der Waals surface area contributed by atoms with Crippen molar-refractivity contribution in [3.8, 4) is 11.5 Å². The van der Waals surface area contributed by atoms with E-state index < -0.39 is 17.4 Å². The standard InChI is InChI=1S/C14H18N2O6/c1-14(7-17,5-12(18)19)6-15-13(20)16-9-2-3-10-11(4-9)22-8-21-10/h2-4,17H,5-8H2,1H3,(H,18,19)(H2,15,16,20). The summed E-state index contributed by atoms with van der Waals surface area (Å²) < 4.78 is 10.4. The predicted octanol–water partition coefficient (Wildman–Crippen LogP) is 1.01. The molecule has 8 heteroatoms. The second-order valence-electron chi connectivity index (χ2n) is 5.42. The molecule has 0 bridgehead atoms. The number of amides is 2. The largest absolute Gasteiger partial charge is 0.481 e. The number of carboxylic acids is 1. The summed E-state index contributed by atoms with van der Waals surface area (Å²) in [4.78, 5) is 22.6. The van der Waals surface area contributed by atoms with Crippen molar-refractivity contribution < 1.29 is 29.3 Å². The summed E-state index contributed by atoms with van der Waals surface area (Å²) in [6, 6.07) is 4.48. The number of anilines is 1. The second kappa shape index (κ2) is 6.52. The summed E-state index contributed by atoms with van der Waals surface area (Å²) >= 11 is 0. The van der Waals surface area contributed by atoms with Crippen LogP contribution in [-0.2, 0) is 4.79 Å². The highest BCUT2D eigenvalue weighted by Crippen LogP contribution is 2.34. The fourth-order valence-electron chi connectivity index (χ4n) is 1.98. The maximum atomic E-state index is 11.8. The minimum atomic E-state index is -1.03. The van der Waals surface area contributed by atoms with E-state index in [4.69, 9.17) is 14.6 Å². The normalized spacial score (nSPS) is 15.0. The Labute approximate surface area is 127 Å². The van der Waals surface area contributed by atoms with Gasteiger partial charge in [-0.1, -0.05) is 6.92 Å². The second-order valence-corrected chi connectivity index (χ2v) is 5.42. The molecule has 4 N–H and O–H groups in total. The van der Waals surface area contributed by atoms with Crippen LogP contribution >= 0.6 is 0 Å². The van der Waals surface area contributed by atoms with E-state index in [1.54, 1.807) is 25.1 Å². The molecule has 1 aliphatic rings. The SMILES string of the molecule is CC(CO)(CNC(=O)Nc1ccc2c(c1)OCO2)CC(=O)O. The van der Waals surface area contributed by atoms with E-state index in [1.807, 2.05) is 0 Å². The van der Waals surface area contributed by atoms with Gasteiger partial charge in [0.1, 0.15) is 0 Å². The number of aliphatic hydroxyl groups is 1. The number of aliphatic hydroxyl groups excluding tert-OH is 1. The summed E-state index contributed by atoms with van der Waals surface area (Å²) in [6.07, 6.45) is -0.242. The van der Waals surface area contributed by atoms with Crippen LogP contribution in [0.25, 0.3) is 0 Å². The average Bonchev–Trinajstić information content (AvgIpc) is 2.92. The highest BCUT2D eigenvalue weighted by molar-refractivity contribution is 5.89. The highest BCUT2D eigenvalue weighted by Gasteiger charge is 2.27. The molecule has 0 spiro atoms. The first-order chi connectivity index (χ1) is 10.4. The fourth-order valence-corrected chi connectivity index (χ4v) is 1.98. The molecular weight excluding hydrogens is 292 g/mol. The van der Waals surface area contributed by atoms with Crippen LogP contribution in [0.15, 0.2) is 18.2 Å². The molecule has 1 aromatic carbocycles. The van der Waals surface area contributed by atoms with Gasteiger partial charge in [-0.15, -0.1) is 0 Å². The first kappa shape index (κ1) is 15.9. The van der Waals surface area contributed by atoms with Gasteiger partial charge in [-0.2, -0.15) is 0 Å². The molecular formula is C14H18N2O6. The monoisotopic (exact) mass is 310 g/mol. The number of ether oxygens (including phenoxy) is 2. The number of rotatable bonds is 6. The van der Waals surface area contributed by atoms with Crippen molar-refractivity contribution >= 4 is 17.7 Å². The van der Waals surface area contributed by atoms with E-state index in [0.717, 1.165) is 0 Å². The Morgan fingerprint density at radius 1 is 1.32 bits per heavy atom. The molecule has 2 rings (SSSR count). The Morgan fingerprint density at radius 2 is 2.05 bits per heavy atom. The predicted molar refractivity (Wildman–Crippen MR) is 77.0 cm³/mol. The molecule has 0 fully saturated rings. The third-order valence-electron chi connectivity index (χ3n) is 3.27. The number of benzene rings is 1. The van der Waals surface area contributed by atoms with E-state index in [-0.39, 0.29) is 26.4 Å². The van der Waals surface area contributed by atoms with E-state index in [2.05, 4.69) is 10.6 Å². The highest BCUT2D eigenvalue weighted by atomic mass is 16.7. The van der Waals surface area contributed by atoms with Gasteiger partial charge in [-0.3, -0.25) is 4.79 Å². The van der Waals surface area contributed by atoms with Crippen molar-refractivity contribution in [3.05, 3.63) is 18.2 Å². The number of carbonyl (C=O) groups is 2. The lowest BCUT2D eigenvalue weighted by Gasteiger charge is -2.25. The topological polar surface area (TPSA) is 117 Å². The molecule has 120 valence electrons. The summed E-state index contributed by atoms with van der Waals surface area (Å²) in [5, 5.41) is 23.2. The third kappa shape index (κ3) is 4.01. The van der Waals surface area contributed by atoms with Crippen molar-refractivity contribution in [2.24, 2.45) is 5.41 Å². The van der Waals surface area contributed by atoms with Gasteiger partial charge in [0.05, 0.1) is 13.0 Å². The van der Waals surface area contributed by atoms with E-state index in [1.165, 1.54) is 0 Å². The number of carbonyl (C=O) groups excluding carboxylic acids is 1. The zero-order chi connectivity index (χ0) is 16.2. The van der Waals surface area contributed by atoms with E-state index in [0.29, 0.717) is 17.2 Å². The smallest absolute Gasteiger partial charge is 0.319 e. The minimum absolute atomic E-state index is 0.0339. The molecule has 8 nitrogen and oxygen atoms in total. The average molecular weight is 310 g/mol. The Bertz CT molecular complexity index is 576. The maximum absolute atomic E-state index is 11.8. The van der Waals surface area contributed by atoms with Gasteiger partial charge in [0.2, 0.25) is 6.79 Å². The van der Waals surface area contributed by atoms with Gasteiger partial charge in [0, 0.05) is 23.7 Å². The van der Waals surface area contributed by atoms with Crippen LogP contribution in [0.1, 0.15) is 13.3 Å². The quantitative estimate of drug-likeness (QED) is 0.623. The molecule has 0 aliphatic carbocycles. The van der Waals surface area contributed by atoms with Gasteiger partial charge in [-0.25, -0.2) is 4.79 Å². The van der Waals surface area contributed by atoms with Crippen LogP contribution < -0.4 is 20.1 Å². The van der Waals surface area contributed by atoms with Crippen molar-refractivity contribution in [3.63, 3.8) is 0 Å². The Balaban J connectivity index is 1.88. The molecule has 1 heterocycles. The van der Waals surface area contributed by atoms with Crippen molar-refractivity contribution in [1.82, 2.24) is 5.32 Å². The molecule has 0 aromatic heterocycles. The van der Waals surface area contributed by atoms with E-state index in [9.17, 15) is 14.7 Å². The molecule has 2 amide bonds. The number of urea groups is 1. The lowest BCUT2D eigenvalue weighted by molar-refractivity contribution is -0.140. The van der Waals surface area contributed by atoms with Crippen LogP contribution in [0.3, 0.4) is 0 Å². The molecule has 1 aliphatic heterocycles. The fraction of sp³-hybridized carbons (Fsp3) is 0.429. The lowest BCUT2D eigenvalue weighted by Crippen LogP contribution is -2.41. The van der Waals surface area contributed by atoms with Crippen LogP contribution in [0.5, 0.6) is 11.5 Å². The first-order valence-corrected chi connectivity index (χ1v) is 6.69. The van der Waals surface area contributed by atoms with Crippen LogP contribution in [0.2, 0.25) is 0 Å². The summed E-state index contributed by atoms with van der Waals surface area (Å²) in [6.45, 7) is 1.42. The van der Waals surface area contributed by atoms with Crippen molar-refractivity contribution in [2.75, 3.05) is 25.3 Å². The van der Waals surface area contributed by atoms with Gasteiger partial charge in [0.15, 0.2) is 11.5 Å². The molecule has 0 saturated carbocycles. The van der Waals surface area contributed by atoms with Gasteiger partial charge < -0.3 is 30.3 Å². The van der Waals surface area contributed by atoms with Crippen LogP contribution in [0, 0.1) is 5.41 Å². The third-order valence-corrected chi connectivity index (χ3v) is 3.27. The van der Waals surface area contributed by atoms with E-state index >= 15 is 0 Å². The minimum Gasteiger partial charge on any atom is -0.481 e. The molecule has 0 saturated heterocycles. The number of aliphatic carboxylic acids is 1. The summed E-state index contributed by atoms with van der Waals surface area (Å²) in [7, 11) is 0. The Morgan fingerprint density at radius 3 is 2.73 bits per heavy atom. The van der Waals surface area contributed by atoms with Crippen LogP contribution in [0.4, 0.5) is 10.5 Å². The Hall–Kier alpha value is -2.48. The molecule has 1 atom stereocenters. The van der Waals surface area contributed by atoms with Crippen molar-refractivity contribution in [2.45, 2.75) is 13.3 Å². The van der Waals surface area contributed by atoms with Gasteiger partial charge in [-0.05, 0) is 12.1 Å². The van der Waals surface area contributed by atoms with Gasteiger partial charge >= 0.3 is 12.0 Å². The summed E-state index contributed by atoms with van der Waals surface area (Å²) in [5.74, 6) is 0.124.